The fraction of sp³-hybridized carbons (Fsp3) is 0.556. The Morgan fingerprint density at radius 1 is 1.24 bits per heavy atom. The number of halogens is 1. The lowest BCUT2D eigenvalue weighted by Gasteiger charge is -2.30. The SMILES string of the molecule is CCNC(=NCC(=O)Nc1ccc(F)cc1)NCC(OC)C(C)(C)C. The normalized spacial score (nSPS) is 13.3. The molecule has 3 N–H and O–H groups in total. The van der Waals surface area contributed by atoms with Gasteiger partial charge in [0.05, 0.1) is 6.10 Å². The molecule has 1 unspecified atom stereocenters. The predicted octanol–water partition coefficient (Wildman–Crippen LogP) is 2.38. The van der Waals surface area contributed by atoms with Crippen molar-refractivity contribution in [3.8, 4) is 0 Å². The molecule has 0 heterocycles. The monoisotopic (exact) mass is 352 g/mol. The number of rotatable bonds is 7. The highest BCUT2D eigenvalue weighted by atomic mass is 19.1. The summed E-state index contributed by atoms with van der Waals surface area (Å²) in [5.41, 5.74) is 0.519. The summed E-state index contributed by atoms with van der Waals surface area (Å²) in [7, 11) is 1.68. The summed E-state index contributed by atoms with van der Waals surface area (Å²) in [6.07, 6.45) is 0.00407. The minimum atomic E-state index is -0.346. The zero-order valence-corrected chi connectivity index (χ0v) is 15.6. The minimum Gasteiger partial charge on any atom is -0.379 e. The number of carbonyl (C=O) groups is 1. The Morgan fingerprint density at radius 3 is 2.40 bits per heavy atom. The molecular weight excluding hydrogens is 323 g/mol. The lowest BCUT2D eigenvalue weighted by Crippen LogP contribution is -2.45. The fourth-order valence-corrected chi connectivity index (χ4v) is 2.16. The highest BCUT2D eigenvalue weighted by molar-refractivity contribution is 5.94. The van der Waals surface area contributed by atoms with E-state index in [2.05, 4.69) is 41.7 Å². The van der Waals surface area contributed by atoms with Gasteiger partial charge >= 0.3 is 0 Å². The van der Waals surface area contributed by atoms with Gasteiger partial charge in [0.15, 0.2) is 5.96 Å². The highest BCUT2D eigenvalue weighted by Gasteiger charge is 2.24. The largest absolute Gasteiger partial charge is 0.379 e. The van der Waals surface area contributed by atoms with Crippen LogP contribution < -0.4 is 16.0 Å². The van der Waals surface area contributed by atoms with Crippen LogP contribution in [0.5, 0.6) is 0 Å². The molecule has 140 valence electrons. The van der Waals surface area contributed by atoms with Gasteiger partial charge in [-0.05, 0) is 36.6 Å². The number of anilines is 1. The summed E-state index contributed by atoms with van der Waals surface area (Å²) in [6.45, 7) is 9.46. The van der Waals surface area contributed by atoms with Crippen molar-refractivity contribution in [2.24, 2.45) is 10.4 Å². The number of nitrogens with one attached hydrogen (secondary N) is 3. The minimum absolute atomic E-state index is 0.00407. The van der Waals surface area contributed by atoms with Gasteiger partial charge in [0.1, 0.15) is 12.4 Å². The Kier molecular flexibility index (Phi) is 8.34. The van der Waals surface area contributed by atoms with Crippen molar-refractivity contribution in [2.45, 2.75) is 33.8 Å². The number of amides is 1. The highest BCUT2D eigenvalue weighted by Crippen LogP contribution is 2.20. The molecule has 0 saturated heterocycles. The van der Waals surface area contributed by atoms with Crippen LogP contribution in [0.3, 0.4) is 0 Å². The maximum Gasteiger partial charge on any atom is 0.246 e. The van der Waals surface area contributed by atoms with Crippen LogP contribution in [0.4, 0.5) is 10.1 Å². The van der Waals surface area contributed by atoms with Crippen molar-refractivity contribution in [2.75, 3.05) is 32.1 Å². The zero-order valence-electron chi connectivity index (χ0n) is 15.6. The summed E-state index contributed by atoms with van der Waals surface area (Å²) < 4.78 is 18.4. The molecule has 1 atom stereocenters. The molecule has 0 radical (unpaired) electrons. The predicted molar refractivity (Wildman–Crippen MR) is 99.3 cm³/mol. The Morgan fingerprint density at radius 2 is 1.88 bits per heavy atom. The van der Waals surface area contributed by atoms with E-state index in [9.17, 15) is 9.18 Å². The van der Waals surface area contributed by atoms with Crippen LogP contribution in [0.15, 0.2) is 29.3 Å². The molecule has 0 saturated carbocycles. The first-order valence-electron chi connectivity index (χ1n) is 8.36. The Balaban J connectivity index is 2.59. The van der Waals surface area contributed by atoms with E-state index in [1.165, 1.54) is 24.3 Å². The molecular formula is C18H29FN4O2. The zero-order chi connectivity index (χ0) is 18.9. The summed E-state index contributed by atoms with van der Waals surface area (Å²) >= 11 is 0. The van der Waals surface area contributed by atoms with Crippen molar-refractivity contribution in [1.82, 2.24) is 10.6 Å². The third kappa shape index (κ3) is 7.98. The number of methoxy groups -OCH3 is 1. The van der Waals surface area contributed by atoms with Gasteiger partial charge in [-0.15, -0.1) is 0 Å². The van der Waals surface area contributed by atoms with Gasteiger partial charge < -0.3 is 20.7 Å². The summed E-state index contributed by atoms with van der Waals surface area (Å²) in [4.78, 5) is 16.2. The second-order valence-corrected chi connectivity index (χ2v) is 6.72. The lowest BCUT2D eigenvalue weighted by molar-refractivity contribution is -0.114. The quantitative estimate of drug-likeness (QED) is 0.520. The first kappa shape index (κ1) is 20.9. The Labute approximate surface area is 149 Å². The maximum atomic E-state index is 12.9. The van der Waals surface area contributed by atoms with E-state index in [4.69, 9.17) is 4.74 Å². The molecule has 0 fully saturated rings. The summed E-state index contributed by atoms with van der Waals surface area (Å²) in [5.74, 6) is -0.0767. The maximum absolute atomic E-state index is 12.9. The van der Waals surface area contributed by atoms with Crippen molar-refractivity contribution in [3.05, 3.63) is 30.1 Å². The fourth-order valence-electron chi connectivity index (χ4n) is 2.16. The molecule has 0 aliphatic rings. The molecule has 0 aliphatic heterocycles. The van der Waals surface area contributed by atoms with Gasteiger partial charge in [0.25, 0.3) is 0 Å². The molecule has 6 nitrogen and oxygen atoms in total. The molecule has 1 amide bonds. The van der Waals surface area contributed by atoms with Gasteiger partial charge in [0, 0.05) is 25.9 Å². The summed E-state index contributed by atoms with van der Waals surface area (Å²) in [6, 6.07) is 5.60. The molecule has 0 spiro atoms. The van der Waals surface area contributed by atoms with Crippen LogP contribution in [-0.2, 0) is 9.53 Å². The van der Waals surface area contributed by atoms with Gasteiger partial charge in [-0.2, -0.15) is 0 Å². The average molecular weight is 352 g/mol. The van der Waals surface area contributed by atoms with Crippen molar-refractivity contribution in [1.29, 1.82) is 0 Å². The van der Waals surface area contributed by atoms with E-state index in [0.29, 0.717) is 24.7 Å². The van der Waals surface area contributed by atoms with E-state index in [-0.39, 0.29) is 29.8 Å². The lowest BCUT2D eigenvalue weighted by atomic mass is 9.89. The third-order valence-corrected chi connectivity index (χ3v) is 3.56. The first-order chi connectivity index (χ1) is 11.8. The molecule has 25 heavy (non-hydrogen) atoms. The van der Waals surface area contributed by atoms with E-state index in [0.717, 1.165) is 0 Å². The number of hydrogen-bond acceptors (Lipinski definition) is 3. The standard InChI is InChI=1S/C18H29FN4O2/c1-6-20-17(21-11-15(25-5)18(2,3)4)22-12-16(24)23-14-9-7-13(19)8-10-14/h7-10,15H,6,11-12H2,1-5H3,(H,23,24)(H2,20,21,22). The average Bonchev–Trinajstić information content (AvgIpc) is 2.54. The van der Waals surface area contributed by atoms with Crippen LogP contribution in [-0.4, -0.2) is 44.7 Å². The Hall–Kier alpha value is -2.15. The van der Waals surface area contributed by atoms with Gasteiger partial charge in [-0.25, -0.2) is 9.38 Å². The third-order valence-electron chi connectivity index (χ3n) is 3.56. The van der Waals surface area contributed by atoms with Gasteiger partial charge in [0.2, 0.25) is 5.91 Å². The number of hydrogen-bond donors (Lipinski definition) is 3. The number of aliphatic imine (C=N–C) groups is 1. The number of carbonyl (C=O) groups excluding carboxylic acids is 1. The van der Waals surface area contributed by atoms with E-state index in [1.807, 2.05) is 6.92 Å². The topological polar surface area (TPSA) is 74.8 Å². The van der Waals surface area contributed by atoms with Gasteiger partial charge in [-0.1, -0.05) is 20.8 Å². The molecule has 7 heteroatoms. The van der Waals surface area contributed by atoms with Crippen LogP contribution in [0.2, 0.25) is 0 Å². The molecule has 1 rings (SSSR count). The molecule has 1 aromatic rings. The number of guanidine groups is 1. The van der Waals surface area contributed by atoms with Crippen molar-refractivity contribution >= 4 is 17.6 Å². The van der Waals surface area contributed by atoms with Crippen molar-refractivity contribution in [3.63, 3.8) is 0 Å². The van der Waals surface area contributed by atoms with Crippen LogP contribution in [0, 0.1) is 11.2 Å². The van der Waals surface area contributed by atoms with Crippen LogP contribution in [0.25, 0.3) is 0 Å². The Bertz CT molecular complexity index is 567. The number of ether oxygens (including phenoxy) is 1. The van der Waals surface area contributed by atoms with Crippen molar-refractivity contribution < 1.29 is 13.9 Å². The molecule has 0 aliphatic carbocycles. The second-order valence-electron chi connectivity index (χ2n) is 6.72. The first-order valence-corrected chi connectivity index (χ1v) is 8.36. The smallest absolute Gasteiger partial charge is 0.246 e. The van der Waals surface area contributed by atoms with E-state index in [1.54, 1.807) is 7.11 Å². The van der Waals surface area contributed by atoms with E-state index < -0.39 is 0 Å². The summed E-state index contributed by atoms with van der Waals surface area (Å²) in [5, 5.41) is 8.96. The number of benzene rings is 1. The van der Waals surface area contributed by atoms with Crippen LogP contribution in [0.1, 0.15) is 27.7 Å². The molecule has 1 aromatic carbocycles. The van der Waals surface area contributed by atoms with Gasteiger partial charge in [-0.3, -0.25) is 4.79 Å². The molecule has 0 bridgehead atoms. The van der Waals surface area contributed by atoms with E-state index >= 15 is 0 Å². The number of nitrogens with zero attached hydrogens (tertiary/aromatic N) is 1. The van der Waals surface area contributed by atoms with Crippen LogP contribution >= 0.6 is 0 Å². The second kappa shape index (κ2) is 9.98. The molecule has 0 aromatic heterocycles.